The van der Waals surface area contributed by atoms with Gasteiger partial charge in [0.05, 0.1) is 6.42 Å². The molecule has 1 atom stereocenters. The van der Waals surface area contributed by atoms with Crippen molar-refractivity contribution >= 4 is 35.0 Å². The molecule has 170 valence electrons. The molecule has 0 aromatic heterocycles. The normalized spacial score (nSPS) is 11.4. The number of thioether (sulfide) groups is 1. The van der Waals surface area contributed by atoms with Crippen LogP contribution in [0.5, 0.6) is 0 Å². The first-order chi connectivity index (χ1) is 16.6. The molecule has 4 rings (SSSR count). The van der Waals surface area contributed by atoms with Crippen molar-refractivity contribution in [2.45, 2.75) is 23.5 Å². The molecule has 1 unspecified atom stereocenters. The Morgan fingerprint density at radius 3 is 2.09 bits per heavy atom. The van der Waals surface area contributed by atoms with Crippen LogP contribution in [0, 0.1) is 6.92 Å². The van der Waals surface area contributed by atoms with Crippen molar-refractivity contribution in [3.05, 3.63) is 126 Å². The van der Waals surface area contributed by atoms with Crippen molar-refractivity contribution in [2.75, 3.05) is 10.6 Å². The average molecular weight is 467 g/mol. The molecule has 4 aromatic carbocycles. The third-order valence-corrected chi connectivity index (χ3v) is 6.45. The summed E-state index contributed by atoms with van der Waals surface area (Å²) in [6.07, 6.45) is 0.309. The van der Waals surface area contributed by atoms with Crippen molar-refractivity contribution in [2.24, 2.45) is 0 Å². The predicted molar refractivity (Wildman–Crippen MR) is 140 cm³/mol. The number of rotatable bonds is 8. The van der Waals surface area contributed by atoms with Crippen molar-refractivity contribution < 1.29 is 9.59 Å². The lowest BCUT2D eigenvalue weighted by Gasteiger charge is -2.18. The fraction of sp³-hybridized carbons (Fsp3) is 0.103. The Balaban J connectivity index is 1.50. The number of carbonyl (C=O) groups excluding carboxylic acids is 2. The van der Waals surface area contributed by atoms with Crippen LogP contribution in [0.2, 0.25) is 0 Å². The Morgan fingerprint density at radius 2 is 1.38 bits per heavy atom. The molecule has 4 aromatic rings. The summed E-state index contributed by atoms with van der Waals surface area (Å²) >= 11 is 1.46. The Hall–Kier alpha value is -3.83. The van der Waals surface area contributed by atoms with E-state index in [9.17, 15) is 9.59 Å². The van der Waals surface area contributed by atoms with Crippen molar-refractivity contribution in [3.8, 4) is 0 Å². The summed E-state index contributed by atoms with van der Waals surface area (Å²) in [7, 11) is 0. The molecule has 0 aliphatic rings. The molecule has 0 fully saturated rings. The topological polar surface area (TPSA) is 58.2 Å². The Labute approximate surface area is 204 Å². The second kappa shape index (κ2) is 11.3. The molecule has 0 bridgehead atoms. The first-order valence-electron chi connectivity index (χ1n) is 11.1. The quantitative estimate of drug-likeness (QED) is 0.286. The average Bonchev–Trinajstić information content (AvgIpc) is 2.84. The zero-order valence-corrected chi connectivity index (χ0v) is 19.7. The molecule has 0 saturated carbocycles. The summed E-state index contributed by atoms with van der Waals surface area (Å²) in [5.41, 5.74) is 4.43. The van der Waals surface area contributed by atoms with Gasteiger partial charge < -0.3 is 10.6 Å². The third kappa shape index (κ3) is 6.59. The van der Waals surface area contributed by atoms with Crippen molar-refractivity contribution in [1.29, 1.82) is 0 Å². The number of aryl methyl sites for hydroxylation is 1. The molecule has 0 spiro atoms. The molecule has 0 aliphatic heterocycles. The summed E-state index contributed by atoms with van der Waals surface area (Å²) < 4.78 is 0. The monoisotopic (exact) mass is 466 g/mol. The molecule has 0 aliphatic carbocycles. The van der Waals surface area contributed by atoms with E-state index < -0.39 is 5.25 Å². The molecule has 2 N–H and O–H groups in total. The summed E-state index contributed by atoms with van der Waals surface area (Å²) in [5, 5.41) is 5.57. The van der Waals surface area contributed by atoms with E-state index in [4.69, 9.17) is 0 Å². The molecule has 0 radical (unpaired) electrons. The van der Waals surface area contributed by atoms with Gasteiger partial charge in [0.15, 0.2) is 0 Å². The standard InChI is InChI=1S/C29H26N2O2S/c1-21-10-8-15-24(18-21)31-29(33)28(23-13-6-3-7-14-23)34-26-17-9-16-25(20-26)30-27(32)19-22-11-4-2-5-12-22/h2-18,20,28H,19H2,1H3,(H,30,32)(H,31,33). The van der Waals surface area contributed by atoms with E-state index in [0.29, 0.717) is 12.1 Å². The highest BCUT2D eigenvalue weighted by atomic mass is 32.2. The van der Waals surface area contributed by atoms with Crippen LogP contribution < -0.4 is 10.6 Å². The number of benzene rings is 4. The van der Waals surface area contributed by atoms with Gasteiger partial charge in [0.2, 0.25) is 11.8 Å². The first kappa shape index (κ1) is 23.3. The number of nitrogens with one attached hydrogen (secondary N) is 2. The van der Waals surface area contributed by atoms with E-state index in [1.807, 2.05) is 116 Å². The highest BCUT2D eigenvalue weighted by Gasteiger charge is 2.22. The fourth-order valence-corrected chi connectivity index (χ4v) is 4.68. The van der Waals surface area contributed by atoms with Gasteiger partial charge in [-0.1, -0.05) is 78.9 Å². The highest BCUT2D eigenvalue weighted by molar-refractivity contribution is 8.00. The third-order valence-electron chi connectivity index (χ3n) is 5.21. The van der Waals surface area contributed by atoms with Gasteiger partial charge >= 0.3 is 0 Å². The van der Waals surface area contributed by atoms with Gasteiger partial charge in [-0.2, -0.15) is 0 Å². The highest BCUT2D eigenvalue weighted by Crippen LogP contribution is 2.37. The zero-order chi connectivity index (χ0) is 23.8. The van der Waals surface area contributed by atoms with Crippen LogP contribution in [0.25, 0.3) is 0 Å². The number of hydrogen-bond donors (Lipinski definition) is 2. The number of anilines is 2. The maximum absolute atomic E-state index is 13.3. The van der Waals surface area contributed by atoms with Gasteiger partial charge in [-0.05, 0) is 53.9 Å². The molecular formula is C29H26N2O2S. The van der Waals surface area contributed by atoms with Crippen LogP contribution in [0.4, 0.5) is 11.4 Å². The van der Waals surface area contributed by atoms with Gasteiger partial charge in [-0.25, -0.2) is 0 Å². The van der Waals surface area contributed by atoms with Crippen LogP contribution in [0.3, 0.4) is 0 Å². The minimum absolute atomic E-state index is 0.0786. The van der Waals surface area contributed by atoms with E-state index in [1.165, 1.54) is 11.8 Å². The zero-order valence-electron chi connectivity index (χ0n) is 18.9. The lowest BCUT2D eigenvalue weighted by atomic mass is 10.1. The maximum Gasteiger partial charge on any atom is 0.242 e. The lowest BCUT2D eigenvalue weighted by molar-refractivity contribution is -0.116. The van der Waals surface area contributed by atoms with Crippen LogP contribution in [-0.2, 0) is 16.0 Å². The van der Waals surface area contributed by atoms with Gasteiger partial charge in [-0.3, -0.25) is 9.59 Å². The van der Waals surface area contributed by atoms with Crippen LogP contribution in [-0.4, -0.2) is 11.8 Å². The van der Waals surface area contributed by atoms with E-state index in [0.717, 1.165) is 27.3 Å². The smallest absolute Gasteiger partial charge is 0.242 e. The molecule has 4 nitrogen and oxygen atoms in total. The molecule has 0 saturated heterocycles. The van der Waals surface area contributed by atoms with Gasteiger partial charge in [0.25, 0.3) is 0 Å². The molecule has 34 heavy (non-hydrogen) atoms. The summed E-state index contributed by atoms with van der Waals surface area (Å²) in [4.78, 5) is 26.7. The minimum Gasteiger partial charge on any atom is -0.326 e. The van der Waals surface area contributed by atoms with Crippen LogP contribution in [0.1, 0.15) is 21.9 Å². The molecule has 0 heterocycles. The molecular weight excluding hydrogens is 440 g/mol. The molecule has 2 amide bonds. The predicted octanol–water partition coefficient (Wildman–Crippen LogP) is 6.65. The Kier molecular flexibility index (Phi) is 7.79. The maximum atomic E-state index is 13.3. The van der Waals surface area contributed by atoms with E-state index in [-0.39, 0.29) is 11.8 Å². The van der Waals surface area contributed by atoms with Crippen LogP contribution >= 0.6 is 11.8 Å². The number of amides is 2. The second-order valence-electron chi connectivity index (χ2n) is 8.01. The minimum atomic E-state index is -0.447. The number of carbonyl (C=O) groups is 2. The van der Waals surface area contributed by atoms with Crippen LogP contribution in [0.15, 0.2) is 114 Å². The van der Waals surface area contributed by atoms with Crippen molar-refractivity contribution in [3.63, 3.8) is 0 Å². The largest absolute Gasteiger partial charge is 0.326 e. The second-order valence-corrected chi connectivity index (χ2v) is 9.18. The summed E-state index contributed by atoms with van der Waals surface area (Å²) in [5.74, 6) is -0.175. The van der Waals surface area contributed by atoms with Gasteiger partial charge in [0, 0.05) is 16.3 Å². The van der Waals surface area contributed by atoms with E-state index in [1.54, 1.807) is 0 Å². The van der Waals surface area contributed by atoms with Crippen molar-refractivity contribution in [1.82, 2.24) is 0 Å². The lowest BCUT2D eigenvalue weighted by Crippen LogP contribution is -2.19. The molecule has 5 heteroatoms. The SMILES string of the molecule is Cc1cccc(NC(=O)C(Sc2cccc(NC(=O)Cc3ccccc3)c2)c2ccccc2)c1. The Bertz CT molecular complexity index is 1260. The first-order valence-corrected chi connectivity index (χ1v) is 12.0. The summed E-state index contributed by atoms with van der Waals surface area (Å²) in [6.45, 7) is 2.00. The van der Waals surface area contributed by atoms with E-state index >= 15 is 0 Å². The van der Waals surface area contributed by atoms with E-state index in [2.05, 4.69) is 10.6 Å². The van der Waals surface area contributed by atoms with Gasteiger partial charge in [0.1, 0.15) is 5.25 Å². The Morgan fingerprint density at radius 1 is 0.735 bits per heavy atom. The number of hydrogen-bond acceptors (Lipinski definition) is 3. The summed E-state index contributed by atoms with van der Waals surface area (Å²) in [6, 6.07) is 34.7. The van der Waals surface area contributed by atoms with Gasteiger partial charge in [-0.15, -0.1) is 11.8 Å². The fourth-order valence-electron chi connectivity index (χ4n) is 3.60.